The third-order valence-corrected chi connectivity index (χ3v) is 4.63. The van der Waals surface area contributed by atoms with Crippen LogP contribution in [0.1, 0.15) is 24.5 Å². The van der Waals surface area contributed by atoms with Gasteiger partial charge in [0, 0.05) is 15.8 Å². The molecule has 1 aliphatic heterocycles. The Hall–Kier alpha value is -0.710. The molecule has 0 amide bonds. The molecule has 1 fully saturated rings. The van der Waals surface area contributed by atoms with Crippen LogP contribution in [0.3, 0.4) is 0 Å². The van der Waals surface area contributed by atoms with E-state index < -0.39 is 0 Å². The van der Waals surface area contributed by atoms with E-state index in [4.69, 9.17) is 11.6 Å². The molecule has 0 radical (unpaired) electrons. The monoisotopic (exact) mass is 325 g/mol. The topological polar surface area (TPSA) is 37.8 Å². The van der Waals surface area contributed by atoms with Crippen LogP contribution in [0.4, 0.5) is 0 Å². The summed E-state index contributed by atoms with van der Waals surface area (Å²) in [5.74, 6) is 0.518. The highest BCUT2D eigenvalue weighted by Gasteiger charge is 2.19. The summed E-state index contributed by atoms with van der Waals surface area (Å²) in [7, 11) is 0. The van der Waals surface area contributed by atoms with E-state index in [1.54, 1.807) is 6.33 Å². The van der Waals surface area contributed by atoms with E-state index in [0.29, 0.717) is 10.9 Å². The first-order valence-electron chi connectivity index (χ1n) is 6.06. The maximum Gasteiger partial charge on any atom is 0.116 e. The molecule has 1 N–H and O–H groups in total. The number of nitrogens with zero attached hydrogens (tertiary/aromatic N) is 2. The van der Waals surface area contributed by atoms with Gasteiger partial charge in [-0.1, -0.05) is 11.6 Å². The second-order valence-electron chi connectivity index (χ2n) is 4.57. The fraction of sp³-hybridized carbons (Fsp3) is 0.385. The molecule has 5 heteroatoms. The molecule has 1 aromatic carbocycles. The number of fused-ring (bicyclic) bond motifs is 1. The molecule has 94 valence electrons. The average Bonchev–Trinajstić information content (AvgIpc) is 2.40. The van der Waals surface area contributed by atoms with Crippen molar-refractivity contribution in [3.05, 3.63) is 33.6 Å². The fourth-order valence-electron chi connectivity index (χ4n) is 2.49. The molecule has 0 atom stereocenters. The van der Waals surface area contributed by atoms with E-state index >= 15 is 0 Å². The third-order valence-electron chi connectivity index (χ3n) is 3.43. The van der Waals surface area contributed by atoms with Crippen LogP contribution >= 0.6 is 27.5 Å². The molecular formula is C13H13BrClN3. The van der Waals surface area contributed by atoms with Gasteiger partial charge in [0.2, 0.25) is 0 Å². The number of rotatable bonds is 1. The molecule has 0 spiro atoms. The van der Waals surface area contributed by atoms with Crippen LogP contribution < -0.4 is 5.32 Å². The zero-order valence-electron chi connectivity index (χ0n) is 9.79. The highest BCUT2D eigenvalue weighted by Crippen LogP contribution is 2.33. The summed E-state index contributed by atoms with van der Waals surface area (Å²) in [5.41, 5.74) is 2.07. The molecule has 2 aromatic rings. The minimum absolute atomic E-state index is 0.518. The van der Waals surface area contributed by atoms with E-state index in [0.717, 1.165) is 47.0 Å². The van der Waals surface area contributed by atoms with E-state index in [9.17, 15) is 0 Å². The standard InChI is InChI=1S/C13H13BrClN3/c14-10-5-9-12(6-11(10)15)17-7-18-13(9)8-1-3-16-4-2-8/h5-8,16H,1-4H2. The van der Waals surface area contributed by atoms with Gasteiger partial charge in [-0.15, -0.1) is 0 Å². The molecule has 1 aromatic heterocycles. The van der Waals surface area contributed by atoms with Crippen molar-refractivity contribution in [2.24, 2.45) is 0 Å². The highest BCUT2D eigenvalue weighted by molar-refractivity contribution is 9.10. The van der Waals surface area contributed by atoms with Gasteiger partial charge in [0.05, 0.1) is 16.2 Å². The van der Waals surface area contributed by atoms with Gasteiger partial charge in [-0.3, -0.25) is 0 Å². The minimum atomic E-state index is 0.518. The van der Waals surface area contributed by atoms with Gasteiger partial charge in [-0.25, -0.2) is 9.97 Å². The molecule has 1 aliphatic rings. The van der Waals surface area contributed by atoms with E-state index in [1.165, 1.54) is 0 Å². The number of benzene rings is 1. The van der Waals surface area contributed by atoms with Gasteiger partial charge in [0.15, 0.2) is 0 Å². The molecule has 18 heavy (non-hydrogen) atoms. The SMILES string of the molecule is Clc1cc2ncnc(C3CCNCC3)c2cc1Br. The van der Waals surface area contributed by atoms with Crippen LogP contribution in [0.2, 0.25) is 5.02 Å². The smallest absolute Gasteiger partial charge is 0.116 e. The van der Waals surface area contributed by atoms with E-state index in [2.05, 4.69) is 31.2 Å². The second-order valence-corrected chi connectivity index (χ2v) is 5.83. The highest BCUT2D eigenvalue weighted by atomic mass is 79.9. The summed E-state index contributed by atoms with van der Waals surface area (Å²) in [4.78, 5) is 8.81. The zero-order valence-corrected chi connectivity index (χ0v) is 12.1. The predicted octanol–water partition coefficient (Wildman–Crippen LogP) is 3.51. The Morgan fingerprint density at radius 2 is 2.00 bits per heavy atom. The lowest BCUT2D eigenvalue weighted by atomic mass is 9.92. The Kier molecular flexibility index (Phi) is 3.50. The molecule has 3 nitrogen and oxygen atoms in total. The van der Waals surface area contributed by atoms with Crippen molar-refractivity contribution in [2.45, 2.75) is 18.8 Å². The summed E-state index contributed by atoms with van der Waals surface area (Å²) >= 11 is 9.58. The van der Waals surface area contributed by atoms with Gasteiger partial charge in [-0.05, 0) is 54.0 Å². The third kappa shape index (κ3) is 2.25. The van der Waals surface area contributed by atoms with Crippen LogP contribution in [0.5, 0.6) is 0 Å². The van der Waals surface area contributed by atoms with Crippen molar-refractivity contribution >= 4 is 38.4 Å². The van der Waals surface area contributed by atoms with Gasteiger partial charge >= 0.3 is 0 Å². The summed E-state index contributed by atoms with van der Waals surface area (Å²) in [5, 5.41) is 5.18. The van der Waals surface area contributed by atoms with Crippen molar-refractivity contribution in [3.8, 4) is 0 Å². The Balaban J connectivity index is 2.13. The fourth-order valence-corrected chi connectivity index (χ4v) is 2.99. The molecule has 2 heterocycles. The summed E-state index contributed by atoms with van der Waals surface area (Å²) in [6.45, 7) is 2.12. The number of hydrogen-bond acceptors (Lipinski definition) is 3. The predicted molar refractivity (Wildman–Crippen MR) is 77.1 cm³/mol. The summed E-state index contributed by atoms with van der Waals surface area (Å²) in [6.07, 6.45) is 3.91. The van der Waals surface area contributed by atoms with Crippen LogP contribution in [-0.4, -0.2) is 23.1 Å². The molecule has 3 rings (SSSR count). The first-order chi connectivity index (χ1) is 8.75. The number of halogens is 2. The quantitative estimate of drug-likeness (QED) is 0.871. The summed E-state index contributed by atoms with van der Waals surface area (Å²) in [6, 6.07) is 3.93. The van der Waals surface area contributed by atoms with Crippen LogP contribution in [0.25, 0.3) is 10.9 Å². The molecular weight excluding hydrogens is 314 g/mol. The van der Waals surface area contributed by atoms with Crippen LogP contribution in [0.15, 0.2) is 22.9 Å². The van der Waals surface area contributed by atoms with Crippen LogP contribution in [-0.2, 0) is 0 Å². The number of nitrogens with one attached hydrogen (secondary N) is 1. The zero-order chi connectivity index (χ0) is 12.5. The van der Waals surface area contributed by atoms with Gasteiger partial charge < -0.3 is 5.32 Å². The molecule has 0 unspecified atom stereocenters. The molecule has 0 saturated carbocycles. The summed E-state index contributed by atoms with van der Waals surface area (Å²) < 4.78 is 0.904. The van der Waals surface area contributed by atoms with Gasteiger partial charge in [-0.2, -0.15) is 0 Å². The maximum absolute atomic E-state index is 6.11. The second kappa shape index (κ2) is 5.11. The minimum Gasteiger partial charge on any atom is -0.317 e. The lowest BCUT2D eigenvalue weighted by molar-refractivity contribution is 0.455. The molecule has 1 saturated heterocycles. The maximum atomic E-state index is 6.11. The van der Waals surface area contributed by atoms with E-state index in [1.807, 2.05) is 12.1 Å². The van der Waals surface area contributed by atoms with Crippen molar-refractivity contribution < 1.29 is 0 Å². The van der Waals surface area contributed by atoms with Gasteiger partial charge in [0.1, 0.15) is 6.33 Å². The Bertz CT molecular complexity index is 582. The normalized spacial score (nSPS) is 17.2. The number of aromatic nitrogens is 2. The van der Waals surface area contributed by atoms with Crippen molar-refractivity contribution in [3.63, 3.8) is 0 Å². The van der Waals surface area contributed by atoms with Gasteiger partial charge in [0.25, 0.3) is 0 Å². The first-order valence-corrected chi connectivity index (χ1v) is 7.23. The molecule has 0 bridgehead atoms. The Morgan fingerprint density at radius 1 is 1.22 bits per heavy atom. The Morgan fingerprint density at radius 3 is 2.78 bits per heavy atom. The first kappa shape index (κ1) is 12.3. The average molecular weight is 327 g/mol. The van der Waals surface area contributed by atoms with Crippen molar-refractivity contribution in [1.82, 2.24) is 15.3 Å². The number of piperidine rings is 1. The largest absolute Gasteiger partial charge is 0.317 e. The van der Waals surface area contributed by atoms with Crippen molar-refractivity contribution in [2.75, 3.05) is 13.1 Å². The van der Waals surface area contributed by atoms with E-state index in [-0.39, 0.29) is 0 Å². The van der Waals surface area contributed by atoms with Crippen molar-refractivity contribution in [1.29, 1.82) is 0 Å². The molecule has 0 aliphatic carbocycles. The lowest BCUT2D eigenvalue weighted by Gasteiger charge is -2.23. The number of hydrogen-bond donors (Lipinski definition) is 1. The lowest BCUT2D eigenvalue weighted by Crippen LogP contribution is -2.27. The Labute approximate surface area is 119 Å². The van der Waals surface area contributed by atoms with Crippen LogP contribution in [0, 0.1) is 0 Å².